The largest absolute Gasteiger partial charge is 0.504 e. The van der Waals surface area contributed by atoms with Crippen molar-refractivity contribution in [2.75, 3.05) is 6.61 Å². The number of carbonyl (C=O) groups excluding carboxylic acids is 1. The Kier molecular flexibility index (Phi) is 3.59. The Hall–Kier alpha value is -1.79. The van der Waals surface area contributed by atoms with Crippen LogP contribution in [0.1, 0.15) is 12.5 Å². The van der Waals surface area contributed by atoms with Crippen molar-refractivity contribution in [3.63, 3.8) is 0 Å². The third kappa shape index (κ3) is 2.32. The molecule has 7 heteroatoms. The van der Waals surface area contributed by atoms with Crippen molar-refractivity contribution in [1.29, 1.82) is 0 Å². The maximum Gasteiger partial charge on any atom is 0.382 e. The third-order valence-corrected chi connectivity index (χ3v) is 1.92. The molecular formula is C10H8F4O3. The van der Waals surface area contributed by atoms with Crippen LogP contribution in [0.2, 0.25) is 0 Å². The van der Waals surface area contributed by atoms with E-state index in [0.29, 0.717) is 12.1 Å². The molecule has 0 unspecified atom stereocenters. The molecule has 0 spiro atoms. The molecule has 1 aromatic rings. The smallest absolute Gasteiger partial charge is 0.382 e. The first-order chi connectivity index (χ1) is 7.82. The van der Waals surface area contributed by atoms with Crippen molar-refractivity contribution in [2.24, 2.45) is 0 Å². The minimum atomic E-state index is -4.45. The molecule has 0 heterocycles. The summed E-state index contributed by atoms with van der Waals surface area (Å²) in [5, 5.41) is 9.03. The van der Waals surface area contributed by atoms with Crippen LogP contribution in [-0.4, -0.2) is 17.7 Å². The van der Waals surface area contributed by atoms with Crippen LogP contribution < -0.4 is 0 Å². The summed E-state index contributed by atoms with van der Waals surface area (Å²) in [6, 6.07) is 0.854. The van der Waals surface area contributed by atoms with E-state index in [0.717, 1.165) is 0 Å². The average Bonchev–Trinajstić information content (AvgIpc) is 2.24. The highest BCUT2D eigenvalue weighted by Crippen LogP contribution is 2.38. The summed E-state index contributed by atoms with van der Waals surface area (Å²) in [5.74, 6) is -11.2. The number of hydrogen-bond donors (Lipinski definition) is 1. The summed E-state index contributed by atoms with van der Waals surface area (Å²) in [6.07, 6.45) is 0. The molecule has 0 amide bonds. The summed E-state index contributed by atoms with van der Waals surface area (Å²) in [5.41, 5.74) is -1.73. The van der Waals surface area contributed by atoms with Crippen molar-refractivity contribution in [1.82, 2.24) is 0 Å². The number of carbonyl (C=O) groups is 1. The van der Waals surface area contributed by atoms with Gasteiger partial charge in [0.1, 0.15) is 11.4 Å². The second kappa shape index (κ2) is 4.60. The van der Waals surface area contributed by atoms with Crippen LogP contribution in [0, 0.1) is 11.6 Å². The van der Waals surface area contributed by atoms with Gasteiger partial charge in [0.2, 0.25) is 0 Å². The molecule has 0 bridgehead atoms. The van der Waals surface area contributed by atoms with Crippen LogP contribution in [0.25, 0.3) is 0 Å². The monoisotopic (exact) mass is 252 g/mol. The highest BCUT2D eigenvalue weighted by molar-refractivity contribution is 5.80. The molecule has 0 saturated heterocycles. The lowest BCUT2D eigenvalue weighted by molar-refractivity contribution is -0.173. The topological polar surface area (TPSA) is 46.5 Å². The normalized spacial score (nSPS) is 11.4. The van der Waals surface area contributed by atoms with Gasteiger partial charge in [-0.1, -0.05) is 0 Å². The van der Waals surface area contributed by atoms with E-state index >= 15 is 0 Å². The van der Waals surface area contributed by atoms with Crippen molar-refractivity contribution in [3.8, 4) is 5.75 Å². The van der Waals surface area contributed by atoms with Gasteiger partial charge in [-0.15, -0.1) is 0 Å². The molecule has 17 heavy (non-hydrogen) atoms. The van der Waals surface area contributed by atoms with E-state index < -0.39 is 34.8 Å². The second-order valence-corrected chi connectivity index (χ2v) is 3.05. The van der Waals surface area contributed by atoms with Gasteiger partial charge in [0, 0.05) is 0 Å². The first-order valence-corrected chi connectivity index (χ1v) is 4.54. The second-order valence-electron chi connectivity index (χ2n) is 3.05. The molecule has 0 saturated carbocycles. The number of halogens is 4. The summed E-state index contributed by atoms with van der Waals surface area (Å²) < 4.78 is 56.8. The standard InChI is InChI=1S/C10H8F4O3/c1-2-17-9(16)10(13,14)7-5(11)3-4-6(12)8(7)15/h3-4,15H,2H2,1H3. The number of aromatic hydroxyl groups is 1. The molecule has 0 radical (unpaired) electrons. The van der Waals surface area contributed by atoms with Gasteiger partial charge in [-0.3, -0.25) is 0 Å². The fourth-order valence-electron chi connectivity index (χ4n) is 1.16. The van der Waals surface area contributed by atoms with E-state index in [1.54, 1.807) is 0 Å². The molecule has 0 atom stereocenters. The van der Waals surface area contributed by atoms with Crippen molar-refractivity contribution in [3.05, 3.63) is 29.3 Å². The highest BCUT2D eigenvalue weighted by atomic mass is 19.3. The van der Waals surface area contributed by atoms with Gasteiger partial charge in [0.15, 0.2) is 11.6 Å². The molecule has 1 rings (SSSR count). The molecule has 0 aliphatic carbocycles. The lowest BCUT2D eigenvalue weighted by atomic mass is 10.1. The summed E-state index contributed by atoms with van der Waals surface area (Å²) in [4.78, 5) is 10.9. The van der Waals surface area contributed by atoms with Gasteiger partial charge in [-0.25, -0.2) is 13.6 Å². The van der Waals surface area contributed by atoms with Crippen LogP contribution in [0.3, 0.4) is 0 Å². The van der Waals surface area contributed by atoms with E-state index in [-0.39, 0.29) is 6.61 Å². The SMILES string of the molecule is CCOC(=O)C(F)(F)c1c(F)ccc(F)c1O. The Balaban J connectivity index is 3.32. The fourth-order valence-corrected chi connectivity index (χ4v) is 1.16. The number of hydrogen-bond acceptors (Lipinski definition) is 3. The zero-order chi connectivity index (χ0) is 13.2. The zero-order valence-corrected chi connectivity index (χ0v) is 8.64. The number of ether oxygens (including phenoxy) is 1. The molecule has 94 valence electrons. The minimum Gasteiger partial charge on any atom is -0.504 e. The van der Waals surface area contributed by atoms with Crippen LogP contribution in [0.15, 0.2) is 12.1 Å². The van der Waals surface area contributed by atoms with Gasteiger partial charge >= 0.3 is 11.9 Å². The Labute approximate surface area is 93.6 Å². The molecule has 0 aromatic heterocycles. The van der Waals surface area contributed by atoms with E-state index in [1.165, 1.54) is 6.92 Å². The minimum absolute atomic E-state index is 0.355. The number of rotatable bonds is 3. The summed E-state index contributed by atoms with van der Waals surface area (Å²) in [6.45, 7) is 0.919. The number of benzene rings is 1. The molecule has 1 N–H and O–H groups in total. The molecule has 3 nitrogen and oxygen atoms in total. The lowest BCUT2D eigenvalue weighted by Gasteiger charge is -2.16. The number of phenolic OH excluding ortho intramolecular Hbond substituents is 1. The molecule has 0 fully saturated rings. The summed E-state index contributed by atoms with van der Waals surface area (Å²) in [7, 11) is 0. The van der Waals surface area contributed by atoms with Gasteiger partial charge < -0.3 is 9.84 Å². The van der Waals surface area contributed by atoms with Crippen LogP contribution in [0.4, 0.5) is 17.6 Å². The Morgan fingerprint density at radius 2 is 1.88 bits per heavy atom. The molecule has 1 aromatic carbocycles. The van der Waals surface area contributed by atoms with Crippen LogP contribution in [-0.2, 0) is 15.5 Å². The predicted octanol–water partition coefficient (Wildman–Crippen LogP) is 2.33. The zero-order valence-electron chi connectivity index (χ0n) is 8.64. The Bertz CT molecular complexity index is 445. The van der Waals surface area contributed by atoms with Gasteiger partial charge in [-0.05, 0) is 19.1 Å². The first kappa shape index (κ1) is 13.3. The molecular weight excluding hydrogens is 244 g/mol. The molecule has 0 aliphatic heterocycles. The van der Waals surface area contributed by atoms with E-state index in [2.05, 4.69) is 4.74 Å². The molecule has 0 aliphatic rings. The predicted molar refractivity (Wildman–Crippen MR) is 48.5 cm³/mol. The average molecular weight is 252 g/mol. The number of phenols is 1. The van der Waals surface area contributed by atoms with Gasteiger partial charge in [0.25, 0.3) is 0 Å². The Morgan fingerprint density at radius 3 is 2.41 bits per heavy atom. The van der Waals surface area contributed by atoms with Crippen molar-refractivity contribution < 1.29 is 32.2 Å². The van der Waals surface area contributed by atoms with Gasteiger partial charge in [0.05, 0.1) is 6.61 Å². The van der Waals surface area contributed by atoms with Gasteiger partial charge in [-0.2, -0.15) is 8.78 Å². The van der Waals surface area contributed by atoms with Crippen molar-refractivity contribution in [2.45, 2.75) is 12.8 Å². The quantitative estimate of drug-likeness (QED) is 0.663. The first-order valence-electron chi connectivity index (χ1n) is 4.54. The number of esters is 1. The highest BCUT2D eigenvalue weighted by Gasteiger charge is 2.47. The fraction of sp³-hybridized carbons (Fsp3) is 0.300. The van der Waals surface area contributed by atoms with E-state index in [4.69, 9.17) is 5.11 Å². The lowest BCUT2D eigenvalue weighted by Crippen LogP contribution is -2.29. The Morgan fingerprint density at radius 1 is 1.35 bits per heavy atom. The van der Waals surface area contributed by atoms with Crippen LogP contribution in [0.5, 0.6) is 5.75 Å². The van der Waals surface area contributed by atoms with Crippen LogP contribution >= 0.6 is 0 Å². The maximum atomic E-state index is 13.4. The maximum absolute atomic E-state index is 13.4. The third-order valence-electron chi connectivity index (χ3n) is 1.92. The van der Waals surface area contributed by atoms with E-state index in [9.17, 15) is 22.4 Å². The summed E-state index contributed by atoms with van der Waals surface area (Å²) >= 11 is 0. The number of alkyl halides is 2. The van der Waals surface area contributed by atoms with Crippen molar-refractivity contribution >= 4 is 5.97 Å². The van der Waals surface area contributed by atoms with E-state index in [1.807, 2.05) is 0 Å².